The van der Waals surface area contributed by atoms with Crippen molar-refractivity contribution in [2.75, 3.05) is 16.9 Å². The Kier molecular flexibility index (Phi) is 5.15. The van der Waals surface area contributed by atoms with E-state index in [0.717, 1.165) is 0 Å². The van der Waals surface area contributed by atoms with E-state index in [1.807, 2.05) is 0 Å². The lowest BCUT2D eigenvalue weighted by molar-refractivity contribution is -0.384. The number of aryl methyl sites for hydroxylation is 1. The number of carbonyl (C=O) groups is 1. The van der Waals surface area contributed by atoms with Crippen LogP contribution in [-0.2, 0) is 11.0 Å². The van der Waals surface area contributed by atoms with Gasteiger partial charge in [0.1, 0.15) is 5.69 Å². The minimum Gasteiger partial charge on any atom is -0.335 e. The Bertz CT molecular complexity index is 823. The van der Waals surface area contributed by atoms with Gasteiger partial charge in [-0.1, -0.05) is 23.9 Å². The number of aromatic nitrogens is 3. The number of para-hydroxylation sites is 1. The number of anilines is 1. The topological polar surface area (TPSA) is 129 Å². The predicted molar refractivity (Wildman–Crippen MR) is 82.4 cm³/mol. The van der Waals surface area contributed by atoms with E-state index in [9.17, 15) is 28.1 Å². The van der Waals surface area contributed by atoms with Crippen LogP contribution in [-0.4, -0.2) is 31.5 Å². The molecule has 1 amide bonds. The number of hydrogen-bond donors (Lipinski definition) is 2. The molecule has 0 radical (unpaired) electrons. The van der Waals surface area contributed by atoms with Crippen molar-refractivity contribution in [3.8, 4) is 0 Å². The summed E-state index contributed by atoms with van der Waals surface area (Å²) in [6, 6.07) is 4.26. The Balaban J connectivity index is 2.08. The lowest BCUT2D eigenvalue weighted by Crippen LogP contribution is -2.22. The number of halogens is 3. The Morgan fingerprint density at radius 1 is 1.44 bits per heavy atom. The summed E-state index contributed by atoms with van der Waals surface area (Å²) in [5, 5.41) is 19.2. The van der Waals surface area contributed by atoms with Crippen LogP contribution in [0.4, 0.5) is 24.5 Å². The highest BCUT2D eigenvalue weighted by atomic mass is 32.2. The number of nitro benzene ring substituents is 1. The molecule has 3 N–H and O–H groups in total. The van der Waals surface area contributed by atoms with Crippen LogP contribution in [0.15, 0.2) is 23.4 Å². The van der Waals surface area contributed by atoms with Crippen molar-refractivity contribution < 1.29 is 22.9 Å². The van der Waals surface area contributed by atoms with Crippen LogP contribution >= 0.6 is 11.8 Å². The van der Waals surface area contributed by atoms with Crippen molar-refractivity contribution in [3.63, 3.8) is 0 Å². The smallest absolute Gasteiger partial charge is 0.335 e. The number of nitrogens with one attached hydrogen (secondary N) is 1. The molecule has 1 aromatic heterocycles. The molecule has 1 heterocycles. The second kappa shape index (κ2) is 6.96. The maximum Gasteiger partial charge on any atom is 0.453 e. The van der Waals surface area contributed by atoms with Crippen LogP contribution in [0.3, 0.4) is 0 Å². The highest BCUT2D eigenvalue weighted by Crippen LogP contribution is 2.30. The van der Waals surface area contributed by atoms with Gasteiger partial charge in [-0.05, 0) is 12.5 Å². The molecular weight excluding hydrogens is 365 g/mol. The summed E-state index contributed by atoms with van der Waals surface area (Å²) >= 11 is 0.614. The molecule has 13 heteroatoms. The van der Waals surface area contributed by atoms with Gasteiger partial charge in [-0.2, -0.15) is 13.2 Å². The van der Waals surface area contributed by atoms with Gasteiger partial charge >= 0.3 is 6.18 Å². The Morgan fingerprint density at radius 3 is 2.68 bits per heavy atom. The molecule has 9 nitrogen and oxygen atoms in total. The number of rotatable bonds is 5. The molecule has 0 aliphatic rings. The van der Waals surface area contributed by atoms with Crippen molar-refractivity contribution >= 4 is 29.0 Å². The first-order valence-corrected chi connectivity index (χ1v) is 7.54. The quantitative estimate of drug-likeness (QED) is 0.353. The van der Waals surface area contributed by atoms with Gasteiger partial charge in [0, 0.05) is 6.07 Å². The van der Waals surface area contributed by atoms with Crippen LogP contribution in [0, 0.1) is 17.0 Å². The summed E-state index contributed by atoms with van der Waals surface area (Å²) in [6.07, 6.45) is -4.77. The summed E-state index contributed by atoms with van der Waals surface area (Å²) in [5.41, 5.74) is 0.192. The summed E-state index contributed by atoms with van der Waals surface area (Å²) < 4.78 is 37.9. The maximum atomic E-state index is 12.6. The van der Waals surface area contributed by atoms with Crippen molar-refractivity contribution in [1.29, 1.82) is 0 Å². The lowest BCUT2D eigenvalue weighted by Gasteiger charge is -2.09. The van der Waals surface area contributed by atoms with Crippen LogP contribution in [0.2, 0.25) is 0 Å². The lowest BCUT2D eigenvalue weighted by atomic mass is 10.1. The minimum atomic E-state index is -4.77. The normalized spacial score (nSPS) is 11.4. The first-order valence-electron chi connectivity index (χ1n) is 6.55. The monoisotopic (exact) mass is 376 g/mol. The van der Waals surface area contributed by atoms with Crippen LogP contribution in [0.1, 0.15) is 11.4 Å². The third kappa shape index (κ3) is 4.17. The van der Waals surface area contributed by atoms with Gasteiger partial charge in [0.25, 0.3) is 11.5 Å². The van der Waals surface area contributed by atoms with Crippen molar-refractivity contribution in [3.05, 3.63) is 39.7 Å². The summed E-state index contributed by atoms with van der Waals surface area (Å²) in [5.74, 6) is 2.82. The number of carbonyl (C=O) groups excluding carboxylic acids is 1. The fourth-order valence-electron chi connectivity index (χ4n) is 1.84. The molecule has 0 bridgehead atoms. The molecular formula is C12H11F3N6O3S. The number of nitrogens with two attached hydrogens (primary N) is 1. The number of benzene rings is 1. The van der Waals surface area contributed by atoms with E-state index in [1.165, 1.54) is 12.1 Å². The first-order chi connectivity index (χ1) is 11.6. The van der Waals surface area contributed by atoms with Crippen molar-refractivity contribution in [1.82, 2.24) is 14.9 Å². The number of nitrogen functional groups attached to an aromatic ring is 1. The fraction of sp³-hybridized carbons (Fsp3) is 0.250. The van der Waals surface area contributed by atoms with Gasteiger partial charge < -0.3 is 11.2 Å². The van der Waals surface area contributed by atoms with Crippen molar-refractivity contribution in [2.45, 2.75) is 18.3 Å². The highest BCUT2D eigenvalue weighted by molar-refractivity contribution is 7.99. The molecule has 134 valence electrons. The molecule has 0 spiro atoms. The van der Waals surface area contributed by atoms with Crippen LogP contribution < -0.4 is 11.2 Å². The maximum absolute atomic E-state index is 12.6. The summed E-state index contributed by atoms with van der Waals surface area (Å²) in [7, 11) is 0. The number of nitrogens with zero attached hydrogens (tertiary/aromatic N) is 4. The van der Waals surface area contributed by atoms with Crippen LogP contribution in [0.5, 0.6) is 0 Å². The average molecular weight is 376 g/mol. The van der Waals surface area contributed by atoms with Gasteiger partial charge in [-0.3, -0.25) is 14.9 Å². The van der Waals surface area contributed by atoms with E-state index in [0.29, 0.717) is 17.3 Å². The van der Waals surface area contributed by atoms with Gasteiger partial charge in [0.2, 0.25) is 11.1 Å². The molecule has 1 aromatic carbocycles. The molecule has 0 aliphatic heterocycles. The zero-order valence-electron chi connectivity index (χ0n) is 12.6. The fourth-order valence-corrected chi connectivity index (χ4v) is 2.50. The van der Waals surface area contributed by atoms with E-state index in [2.05, 4.69) is 15.5 Å². The van der Waals surface area contributed by atoms with E-state index in [1.54, 1.807) is 13.0 Å². The number of amides is 1. The van der Waals surface area contributed by atoms with E-state index in [-0.39, 0.29) is 27.0 Å². The minimum absolute atomic E-state index is 0.0169. The van der Waals surface area contributed by atoms with Gasteiger partial charge in [-0.25, -0.2) is 4.68 Å². The Hall–Kier alpha value is -2.83. The van der Waals surface area contributed by atoms with Gasteiger partial charge in [-0.15, -0.1) is 10.2 Å². The zero-order valence-corrected chi connectivity index (χ0v) is 13.4. The number of alkyl halides is 3. The molecule has 0 fully saturated rings. The van der Waals surface area contributed by atoms with Crippen LogP contribution in [0.25, 0.3) is 0 Å². The Labute approximate surface area is 142 Å². The van der Waals surface area contributed by atoms with E-state index in [4.69, 9.17) is 5.84 Å². The molecule has 25 heavy (non-hydrogen) atoms. The molecule has 0 aliphatic carbocycles. The molecule has 0 atom stereocenters. The molecule has 0 saturated carbocycles. The second-order valence-corrected chi connectivity index (χ2v) is 5.68. The van der Waals surface area contributed by atoms with Gasteiger partial charge in [0.15, 0.2) is 0 Å². The molecule has 0 saturated heterocycles. The van der Waals surface area contributed by atoms with Crippen molar-refractivity contribution in [2.24, 2.45) is 0 Å². The predicted octanol–water partition coefficient (Wildman–Crippen LogP) is 1.96. The van der Waals surface area contributed by atoms with Gasteiger partial charge in [0.05, 0.1) is 10.7 Å². The highest BCUT2D eigenvalue weighted by Gasteiger charge is 2.38. The molecule has 0 unspecified atom stereocenters. The zero-order chi connectivity index (χ0) is 18.8. The SMILES string of the molecule is Cc1cccc([N+](=O)[O-])c1NC(=O)CSc1nnc(C(F)(F)F)n1N. The average Bonchev–Trinajstić information content (AvgIpc) is 2.88. The standard InChI is InChI=1S/C12H11F3N6O3S/c1-6-3-2-4-7(21(23)24)9(6)17-8(22)5-25-11-19-18-10(20(11)16)12(13,14)15/h2-4H,5,16H2,1H3,(H,17,22). The largest absolute Gasteiger partial charge is 0.453 e. The third-order valence-electron chi connectivity index (χ3n) is 2.96. The number of nitro groups is 1. The second-order valence-electron chi connectivity index (χ2n) is 4.74. The number of thioether (sulfide) groups is 1. The molecule has 2 rings (SSSR count). The van der Waals surface area contributed by atoms with E-state index >= 15 is 0 Å². The summed E-state index contributed by atoms with van der Waals surface area (Å²) in [6.45, 7) is 1.57. The number of hydrogen-bond acceptors (Lipinski definition) is 7. The Morgan fingerprint density at radius 2 is 2.12 bits per heavy atom. The first kappa shape index (κ1) is 18.5. The third-order valence-corrected chi connectivity index (χ3v) is 3.91. The molecule has 2 aromatic rings. The van der Waals surface area contributed by atoms with E-state index < -0.39 is 22.8 Å². The summed E-state index contributed by atoms with van der Waals surface area (Å²) in [4.78, 5) is 22.3.